The Morgan fingerprint density at radius 3 is 2.57 bits per heavy atom. The second-order valence-corrected chi connectivity index (χ2v) is 9.49. The van der Waals surface area contributed by atoms with Crippen LogP contribution in [-0.2, 0) is 20.9 Å². The zero-order valence-electron chi connectivity index (χ0n) is 20.9. The van der Waals surface area contributed by atoms with Gasteiger partial charge in [0.1, 0.15) is 0 Å². The molecular weight excluding hydrogens is 464 g/mol. The van der Waals surface area contributed by atoms with Crippen LogP contribution in [0.3, 0.4) is 0 Å². The first kappa shape index (κ1) is 24.5. The second-order valence-electron chi connectivity index (χ2n) is 9.49. The molecule has 188 valence electrons. The van der Waals surface area contributed by atoms with Gasteiger partial charge < -0.3 is 14.2 Å². The van der Waals surface area contributed by atoms with E-state index in [1.54, 1.807) is 12.3 Å². The normalized spacial score (nSPS) is 14.2. The number of methoxy groups -OCH3 is 1. The largest absolute Gasteiger partial charge is 0.466 e. The number of carbonyl (C=O) groups is 2. The number of ether oxygens (including phenoxy) is 1. The molecule has 0 bridgehead atoms. The van der Waals surface area contributed by atoms with Crippen LogP contribution in [0.2, 0.25) is 0 Å². The van der Waals surface area contributed by atoms with Gasteiger partial charge in [0.25, 0.3) is 0 Å². The van der Waals surface area contributed by atoms with Gasteiger partial charge in [-0.15, -0.1) is 0 Å². The van der Waals surface area contributed by atoms with Gasteiger partial charge in [0.15, 0.2) is 5.58 Å². The number of amides is 1. The van der Waals surface area contributed by atoms with Crippen LogP contribution in [0, 0.1) is 5.92 Å². The van der Waals surface area contributed by atoms with E-state index in [1.165, 1.54) is 19.6 Å². The van der Waals surface area contributed by atoms with Gasteiger partial charge in [0, 0.05) is 23.1 Å². The summed E-state index contributed by atoms with van der Waals surface area (Å²) in [6.45, 7) is 0.473. The molecular formula is C31H30N2O4. The molecule has 0 atom stereocenters. The SMILES string of the molecule is COC(=O)/C=C/c1cccc(N(Cc2ccc(-c3ccc4cnoc4c3)cc2)C(=O)C2CCCCC2)c1. The highest BCUT2D eigenvalue weighted by molar-refractivity contribution is 5.95. The van der Waals surface area contributed by atoms with Crippen molar-refractivity contribution in [2.24, 2.45) is 5.92 Å². The summed E-state index contributed by atoms with van der Waals surface area (Å²) in [6.07, 6.45) is 10.0. The Labute approximate surface area is 216 Å². The van der Waals surface area contributed by atoms with Crippen molar-refractivity contribution in [3.05, 3.63) is 90.1 Å². The van der Waals surface area contributed by atoms with Crippen molar-refractivity contribution in [1.29, 1.82) is 0 Å². The lowest BCUT2D eigenvalue weighted by molar-refractivity contribution is -0.134. The zero-order valence-corrected chi connectivity index (χ0v) is 20.9. The topological polar surface area (TPSA) is 72.6 Å². The molecule has 0 aliphatic heterocycles. The highest BCUT2D eigenvalue weighted by Gasteiger charge is 2.27. The van der Waals surface area contributed by atoms with Crippen molar-refractivity contribution < 1.29 is 18.8 Å². The van der Waals surface area contributed by atoms with Crippen molar-refractivity contribution in [3.8, 4) is 11.1 Å². The van der Waals surface area contributed by atoms with Crippen LogP contribution in [-0.4, -0.2) is 24.1 Å². The first-order valence-corrected chi connectivity index (χ1v) is 12.7. The molecule has 1 aliphatic carbocycles. The summed E-state index contributed by atoms with van der Waals surface area (Å²) in [7, 11) is 1.35. The zero-order chi connectivity index (χ0) is 25.6. The van der Waals surface area contributed by atoms with Gasteiger partial charge in [-0.2, -0.15) is 0 Å². The quantitative estimate of drug-likeness (QED) is 0.209. The van der Waals surface area contributed by atoms with Crippen LogP contribution in [0.4, 0.5) is 5.69 Å². The van der Waals surface area contributed by atoms with Crippen LogP contribution in [0.25, 0.3) is 28.2 Å². The highest BCUT2D eigenvalue weighted by Crippen LogP contribution is 2.30. The van der Waals surface area contributed by atoms with Crippen molar-refractivity contribution in [2.45, 2.75) is 38.6 Å². The molecule has 1 aliphatic rings. The van der Waals surface area contributed by atoms with E-state index in [0.29, 0.717) is 6.54 Å². The Hall–Kier alpha value is -4.19. The molecule has 0 N–H and O–H groups in total. The molecule has 1 amide bonds. The summed E-state index contributed by atoms with van der Waals surface area (Å²) < 4.78 is 10.0. The molecule has 6 nitrogen and oxygen atoms in total. The van der Waals surface area contributed by atoms with Crippen LogP contribution < -0.4 is 4.90 Å². The van der Waals surface area contributed by atoms with Gasteiger partial charge in [-0.25, -0.2) is 4.79 Å². The Kier molecular flexibility index (Phi) is 7.45. The number of hydrogen-bond acceptors (Lipinski definition) is 5. The van der Waals surface area contributed by atoms with Crippen LogP contribution in [0.1, 0.15) is 43.2 Å². The van der Waals surface area contributed by atoms with E-state index in [0.717, 1.165) is 64.6 Å². The smallest absolute Gasteiger partial charge is 0.330 e. The fraction of sp³-hybridized carbons (Fsp3) is 0.258. The third kappa shape index (κ3) is 5.80. The fourth-order valence-corrected chi connectivity index (χ4v) is 4.92. The molecule has 0 radical (unpaired) electrons. The molecule has 0 unspecified atom stereocenters. The number of fused-ring (bicyclic) bond motifs is 1. The average molecular weight is 495 g/mol. The van der Waals surface area contributed by atoms with E-state index >= 15 is 0 Å². The van der Waals surface area contributed by atoms with E-state index in [2.05, 4.69) is 35.5 Å². The maximum atomic E-state index is 13.7. The lowest BCUT2D eigenvalue weighted by Crippen LogP contribution is -2.36. The van der Waals surface area contributed by atoms with Gasteiger partial charge in [-0.05, 0) is 65.4 Å². The average Bonchev–Trinajstić information content (AvgIpc) is 3.43. The Bertz CT molecular complexity index is 1410. The molecule has 5 rings (SSSR count). The highest BCUT2D eigenvalue weighted by atomic mass is 16.5. The predicted molar refractivity (Wildman–Crippen MR) is 145 cm³/mol. The Morgan fingerprint density at radius 2 is 1.78 bits per heavy atom. The van der Waals surface area contributed by atoms with Crippen molar-refractivity contribution in [1.82, 2.24) is 5.16 Å². The third-order valence-electron chi connectivity index (χ3n) is 7.00. The molecule has 6 heteroatoms. The summed E-state index contributed by atoms with van der Waals surface area (Å²) >= 11 is 0. The second kappa shape index (κ2) is 11.2. The predicted octanol–water partition coefficient (Wildman–Crippen LogP) is 6.79. The van der Waals surface area contributed by atoms with Crippen molar-refractivity contribution in [2.75, 3.05) is 12.0 Å². The van der Waals surface area contributed by atoms with Gasteiger partial charge in [0.2, 0.25) is 5.91 Å². The van der Waals surface area contributed by atoms with Crippen molar-refractivity contribution in [3.63, 3.8) is 0 Å². The minimum Gasteiger partial charge on any atom is -0.466 e. The first-order valence-electron chi connectivity index (χ1n) is 12.7. The third-order valence-corrected chi connectivity index (χ3v) is 7.00. The van der Waals surface area contributed by atoms with Gasteiger partial charge in [0.05, 0.1) is 19.9 Å². The van der Waals surface area contributed by atoms with E-state index in [4.69, 9.17) is 9.26 Å². The summed E-state index contributed by atoms with van der Waals surface area (Å²) in [5.41, 5.74) is 5.58. The van der Waals surface area contributed by atoms with Gasteiger partial charge in [-0.3, -0.25) is 4.79 Å². The lowest BCUT2D eigenvalue weighted by atomic mass is 9.88. The summed E-state index contributed by atoms with van der Waals surface area (Å²) in [6, 6.07) is 22.1. The number of carbonyl (C=O) groups excluding carboxylic acids is 2. The minimum atomic E-state index is -0.414. The molecule has 4 aromatic rings. The molecule has 1 heterocycles. The van der Waals surface area contributed by atoms with Gasteiger partial charge in [-0.1, -0.05) is 66.9 Å². The monoisotopic (exact) mass is 494 g/mol. The molecule has 1 saturated carbocycles. The Morgan fingerprint density at radius 1 is 1.00 bits per heavy atom. The van der Waals surface area contributed by atoms with E-state index < -0.39 is 5.97 Å². The van der Waals surface area contributed by atoms with Crippen LogP contribution >= 0.6 is 0 Å². The molecule has 1 aromatic heterocycles. The minimum absolute atomic E-state index is 0.0379. The number of nitrogens with zero attached hydrogens (tertiary/aromatic N) is 2. The fourth-order valence-electron chi connectivity index (χ4n) is 4.92. The molecule has 0 spiro atoms. The molecule has 0 saturated heterocycles. The van der Waals surface area contributed by atoms with Crippen LogP contribution in [0.5, 0.6) is 0 Å². The number of benzene rings is 3. The maximum Gasteiger partial charge on any atom is 0.330 e. The maximum absolute atomic E-state index is 13.7. The standard InChI is InChI=1S/C31H30N2O4/c1-36-30(34)17-12-22-6-5-9-28(18-22)33(31(35)25-7-3-2-4-8-25)21-23-10-13-24(14-11-23)26-15-16-27-20-32-37-29(27)19-26/h5-6,9-20,25H,2-4,7-8,21H2,1H3/b17-12+. The summed E-state index contributed by atoms with van der Waals surface area (Å²) in [4.78, 5) is 27.2. The Balaban J connectivity index is 1.41. The van der Waals surface area contributed by atoms with Crippen LogP contribution in [0.15, 0.2) is 83.5 Å². The van der Waals surface area contributed by atoms with E-state index in [-0.39, 0.29) is 11.8 Å². The number of rotatable bonds is 7. The number of aromatic nitrogens is 1. The molecule has 3 aromatic carbocycles. The number of anilines is 1. The number of esters is 1. The van der Waals surface area contributed by atoms with Crippen molar-refractivity contribution >= 4 is 34.6 Å². The summed E-state index contributed by atoms with van der Waals surface area (Å²) in [5.74, 6) is -0.215. The van der Waals surface area contributed by atoms with E-state index in [9.17, 15) is 9.59 Å². The molecule has 37 heavy (non-hydrogen) atoms. The molecule has 1 fully saturated rings. The van der Waals surface area contributed by atoms with Gasteiger partial charge >= 0.3 is 5.97 Å². The summed E-state index contributed by atoms with van der Waals surface area (Å²) in [5, 5.41) is 4.83. The van der Waals surface area contributed by atoms with E-state index in [1.807, 2.05) is 41.3 Å². The lowest BCUT2D eigenvalue weighted by Gasteiger charge is -2.30. The first-order chi connectivity index (χ1) is 18.1. The number of hydrogen-bond donors (Lipinski definition) is 0.